The molecule has 0 bridgehead atoms. The molecule has 1 atom stereocenters. The predicted molar refractivity (Wildman–Crippen MR) is 125 cm³/mol. The van der Waals surface area contributed by atoms with Crippen LogP contribution in [0.2, 0.25) is 0 Å². The zero-order valence-corrected chi connectivity index (χ0v) is 18.9. The number of benzene rings is 1. The topological polar surface area (TPSA) is 109 Å². The van der Waals surface area contributed by atoms with Gasteiger partial charge in [0.15, 0.2) is 10.8 Å². The van der Waals surface area contributed by atoms with E-state index in [1.807, 2.05) is 43.0 Å². The molecule has 2 aromatic heterocycles. The standard InChI is InChI=1S/C22H26N6O3S/c1-3-23-20(30)15-8-6-10-27(11-15)22-26-19-18(32-22)21(31)28(13-24-19)12-17(29)25-16-9-5-4-7-14(16)2/h4-5,7,9,13,15H,3,6,8,10-12H2,1-2H3,(H,23,30)(H,25,29)/t15-/m0/s1. The first-order valence-corrected chi connectivity index (χ1v) is 11.5. The summed E-state index contributed by atoms with van der Waals surface area (Å²) < 4.78 is 1.71. The lowest BCUT2D eigenvalue weighted by Gasteiger charge is -2.31. The Labute approximate surface area is 189 Å². The van der Waals surface area contributed by atoms with Gasteiger partial charge in [0.25, 0.3) is 5.56 Å². The van der Waals surface area contributed by atoms with E-state index in [-0.39, 0.29) is 29.8 Å². The number of nitrogens with one attached hydrogen (secondary N) is 2. The van der Waals surface area contributed by atoms with E-state index in [2.05, 4.69) is 20.6 Å². The summed E-state index contributed by atoms with van der Waals surface area (Å²) in [6.45, 7) is 5.64. The van der Waals surface area contributed by atoms with Crippen molar-refractivity contribution in [3.05, 3.63) is 46.5 Å². The molecular weight excluding hydrogens is 428 g/mol. The zero-order valence-electron chi connectivity index (χ0n) is 18.1. The van der Waals surface area contributed by atoms with E-state index in [0.29, 0.717) is 34.3 Å². The Hall–Kier alpha value is -3.27. The average molecular weight is 455 g/mol. The molecule has 3 aromatic rings. The van der Waals surface area contributed by atoms with E-state index in [9.17, 15) is 14.4 Å². The van der Waals surface area contributed by atoms with Crippen LogP contribution in [-0.4, -0.2) is 46.0 Å². The lowest BCUT2D eigenvalue weighted by atomic mass is 9.97. The summed E-state index contributed by atoms with van der Waals surface area (Å²) in [5.41, 5.74) is 1.73. The third-order valence-corrected chi connectivity index (χ3v) is 6.61. The Balaban J connectivity index is 1.51. The number of hydrogen-bond donors (Lipinski definition) is 2. The molecule has 4 rings (SSSR count). The van der Waals surface area contributed by atoms with E-state index < -0.39 is 0 Å². The number of nitrogens with zero attached hydrogens (tertiary/aromatic N) is 4. The molecule has 0 spiro atoms. The van der Waals surface area contributed by atoms with E-state index in [1.165, 1.54) is 22.2 Å². The molecule has 1 aliphatic heterocycles. The largest absolute Gasteiger partial charge is 0.356 e. The second kappa shape index (κ2) is 9.47. The van der Waals surface area contributed by atoms with Crippen LogP contribution < -0.4 is 21.1 Å². The molecule has 168 valence electrons. The third kappa shape index (κ3) is 4.64. The molecule has 1 fully saturated rings. The van der Waals surface area contributed by atoms with Gasteiger partial charge in [0.1, 0.15) is 17.6 Å². The Morgan fingerprint density at radius 3 is 2.88 bits per heavy atom. The Bertz CT molecular complexity index is 1200. The maximum absolute atomic E-state index is 13.0. The number of anilines is 2. The minimum Gasteiger partial charge on any atom is -0.356 e. The Morgan fingerprint density at radius 2 is 2.09 bits per heavy atom. The predicted octanol–water partition coefficient (Wildman–Crippen LogP) is 2.15. The van der Waals surface area contributed by atoms with Crippen LogP contribution in [0.5, 0.6) is 0 Å². The van der Waals surface area contributed by atoms with Crippen LogP contribution in [0.1, 0.15) is 25.3 Å². The first-order valence-electron chi connectivity index (χ1n) is 10.7. The summed E-state index contributed by atoms with van der Waals surface area (Å²) in [5.74, 6) is -0.336. The maximum Gasteiger partial charge on any atom is 0.273 e. The van der Waals surface area contributed by atoms with E-state index >= 15 is 0 Å². The van der Waals surface area contributed by atoms with Gasteiger partial charge in [-0.1, -0.05) is 29.5 Å². The van der Waals surface area contributed by atoms with Crippen molar-refractivity contribution >= 4 is 44.3 Å². The number of aromatic nitrogens is 3. The van der Waals surface area contributed by atoms with Gasteiger partial charge in [-0.05, 0) is 38.3 Å². The van der Waals surface area contributed by atoms with Crippen LogP contribution in [0.3, 0.4) is 0 Å². The van der Waals surface area contributed by atoms with Crippen LogP contribution in [0.15, 0.2) is 35.4 Å². The fraction of sp³-hybridized carbons (Fsp3) is 0.409. The van der Waals surface area contributed by atoms with Crippen LogP contribution >= 0.6 is 11.3 Å². The lowest BCUT2D eigenvalue weighted by molar-refractivity contribution is -0.125. The lowest BCUT2D eigenvalue weighted by Crippen LogP contribution is -2.43. The Morgan fingerprint density at radius 1 is 1.28 bits per heavy atom. The summed E-state index contributed by atoms with van der Waals surface area (Å²) >= 11 is 1.26. The zero-order chi connectivity index (χ0) is 22.7. The highest BCUT2D eigenvalue weighted by Crippen LogP contribution is 2.29. The summed E-state index contributed by atoms with van der Waals surface area (Å²) in [6.07, 6.45) is 3.09. The molecule has 1 saturated heterocycles. The van der Waals surface area contributed by atoms with Crippen molar-refractivity contribution in [3.63, 3.8) is 0 Å². The second-order valence-electron chi connectivity index (χ2n) is 7.87. The number of piperidine rings is 1. The van der Waals surface area contributed by atoms with Crippen molar-refractivity contribution in [3.8, 4) is 0 Å². The molecular formula is C22H26N6O3S. The molecule has 3 heterocycles. The van der Waals surface area contributed by atoms with Gasteiger partial charge in [-0.3, -0.25) is 19.0 Å². The summed E-state index contributed by atoms with van der Waals surface area (Å²) in [6, 6.07) is 7.47. The molecule has 0 saturated carbocycles. The van der Waals surface area contributed by atoms with Crippen molar-refractivity contribution in [1.29, 1.82) is 0 Å². The number of fused-ring (bicyclic) bond motifs is 1. The SMILES string of the molecule is CCNC(=O)[C@H]1CCCN(c2nc3ncn(CC(=O)Nc4ccccc4C)c(=O)c3s2)C1. The van der Waals surface area contributed by atoms with E-state index in [1.54, 1.807) is 0 Å². The number of carbonyl (C=O) groups excluding carboxylic acids is 2. The Kier molecular flexibility index (Phi) is 6.50. The van der Waals surface area contributed by atoms with Crippen LogP contribution in [-0.2, 0) is 16.1 Å². The normalized spacial score (nSPS) is 16.2. The van der Waals surface area contributed by atoms with Crippen molar-refractivity contribution in [2.75, 3.05) is 29.9 Å². The molecule has 2 N–H and O–H groups in total. The van der Waals surface area contributed by atoms with Crippen LogP contribution in [0.4, 0.5) is 10.8 Å². The van der Waals surface area contributed by atoms with Crippen LogP contribution in [0, 0.1) is 12.8 Å². The molecule has 1 aromatic carbocycles. The number of aryl methyl sites for hydroxylation is 1. The molecule has 32 heavy (non-hydrogen) atoms. The van der Waals surface area contributed by atoms with Gasteiger partial charge in [0.2, 0.25) is 11.8 Å². The van der Waals surface area contributed by atoms with Gasteiger partial charge in [0, 0.05) is 25.3 Å². The fourth-order valence-electron chi connectivity index (χ4n) is 3.82. The molecule has 0 unspecified atom stereocenters. The molecule has 0 aliphatic carbocycles. The quantitative estimate of drug-likeness (QED) is 0.591. The third-order valence-electron chi connectivity index (χ3n) is 5.52. The van der Waals surface area contributed by atoms with Gasteiger partial charge >= 0.3 is 0 Å². The van der Waals surface area contributed by atoms with Crippen molar-refractivity contribution in [1.82, 2.24) is 19.9 Å². The molecule has 10 heteroatoms. The van der Waals surface area contributed by atoms with Gasteiger partial charge in [-0.2, -0.15) is 4.98 Å². The first kappa shape index (κ1) is 21.9. The number of hydrogen-bond acceptors (Lipinski definition) is 7. The van der Waals surface area contributed by atoms with Gasteiger partial charge in [0.05, 0.1) is 5.92 Å². The molecule has 2 amide bonds. The van der Waals surface area contributed by atoms with Gasteiger partial charge in [-0.25, -0.2) is 4.98 Å². The minimum absolute atomic E-state index is 0.0541. The van der Waals surface area contributed by atoms with Crippen molar-refractivity contribution < 1.29 is 9.59 Å². The number of para-hydroxylation sites is 1. The number of amides is 2. The van der Waals surface area contributed by atoms with Crippen molar-refractivity contribution in [2.24, 2.45) is 5.92 Å². The summed E-state index contributed by atoms with van der Waals surface area (Å²) in [5, 5.41) is 6.40. The van der Waals surface area contributed by atoms with Gasteiger partial charge < -0.3 is 15.5 Å². The summed E-state index contributed by atoms with van der Waals surface area (Å²) in [4.78, 5) is 48.5. The monoisotopic (exact) mass is 454 g/mol. The number of carbonyl (C=O) groups is 2. The minimum atomic E-state index is -0.298. The van der Waals surface area contributed by atoms with Crippen molar-refractivity contribution in [2.45, 2.75) is 33.2 Å². The number of thiazole rings is 1. The van der Waals surface area contributed by atoms with E-state index in [0.717, 1.165) is 24.9 Å². The number of rotatable bonds is 6. The second-order valence-corrected chi connectivity index (χ2v) is 8.85. The highest BCUT2D eigenvalue weighted by Gasteiger charge is 2.27. The summed E-state index contributed by atoms with van der Waals surface area (Å²) in [7, 11) is 0. The molecule has 1 aliphatic rings. The van der Waals surface area contributed by atoms with Crippen LogP contribution in [0.25, 0.3) is 10.3 Å². The molecule has 0 radical (unpaired) electrons. The smallest absolute Gasteiger partial charge is 0.273 e. The van der Waals surface area contributed by atoms with E-state index in [4.69, 9.17) is 0 Å². The highest BCUT2D eigenvalue weighted by atomic mass is 32.1. The highest BCUT2D eigenvalue weighted by molar-refractivity contribution is 7.22. The van der Waals surface area contributed by atoms with Gasteiger partial charge in [-0.15, -0.1) is 0 Å². The maximum atomic E-state index is 13.0. The average Bonchev–Trinajstić information content (AvgIpc) is 3.23. The fourth-order valence-corrected chi connectivity index (χ4v) is 4.83. The molecule has 9 nitrogen and oxygen atoms in total. The first-order chi connectivity index (χ1) is 15.5.